The van der Waals surface area contributed by atoms with Crippen molar-refractivity contribution in [3.8, 4) is 11.5 Å². The van der Waals surface area contributed by atoms with Gasteiger partial charge in [-0.25, -0.2) is 0 Å². The van der Waals surface area contributed by atoms with Gasteiger partial charge >= 0.3 is 0 Å². The number of aliphatic imine (C=N–C) groups is 1. The molecule has 0 saturated heterocycles. The number of nitrogens with zero attached hydrogens (tertiary/aromatic N) is 1. The summed E-state index contributed by atoms with van der Waals surface area (Å²) in [5.41, 5.74) is 1.13. The Hall–Kier alpha value is -1.76. The van der Waals surface area contributed by atoms with Gasteiger partial charge in [-0.15, -0.1) is 24.0 Å². The van der Waals surface area contributed by atoms with Crippen molar-refractivity contribution in [1.29, 1.82) is 0 Å². The zero-order valence-electron chi connectivity index (χ0n) is 12.2. The van der Waals surface area contributed by atoms with E-state index in [0.29, 0.717) is 6.54 Å². The highest BCUT2D eigenvalue weighted by Crippen LogP contribution is 2.21. The number of hydrogen-bond acceptors (Lipinski definition) is 2. The average Bonchev–Trinajstić information content (AvgIpc) is 2.50. The van der Waals surface area contributed by atoms with Crippen molar-refractivity contribution < 1.29 is 4.74 Å². The minimum absolute atomic E-state index is 0. The molecule has 0 saturated carbocycles. The maximum atomic E-state index is 5.80. The lowest BCUT2D eigenvalue weighted by Gasteiger charge is -2.10. The van der Waals surface area contributed by atoms with Crippen molar-refractivity contribution in [2.24, 2.45) is 4.99 Å². The molecule has 0 radical (unpaired) electrons. The Bertz CT molecular complexity index is 573. The van der Waals surface area contributed by atoms with Gasteiger partial charge in [0.05, 0.1) is 0 Å². The van der Waals surface area contributed by atoms with Crippen LogP contribution in [0.25, 0.3) is 0 Å². The molecule has 0 atom stereocenters. The first-order valence-corrected chi connectivity index (χ1v) is 6.52. The molecule has 2 N–H and O–H groups in total. The predicted molar refractivity (Wildman–Crippen MR) is 97.6 cm³/mol. The first-order chi connectivity index (χ1) is 9.81. The summed E-state index contributed by atoms with van der Waals surface area (Å²) in [5, 5.41) is 6.19. The fraction of sp³-hybridized carbons (Fsp3) is 0.188. The van der Waals surface area contributed by atoms with Gasteiger partial charge in [-0.1, -0.05) is 30.3 Å². The number of nitrogens with one attached hydrogen (secondary N) is 2. The molecule has 2 rings (SSSR count). The lowest BCUT2D eigenvalue weighted by molar-refractivity contribution is 0.482. The van der Waals surface area contributed by atoms with E-state index in [0.717, 1.165) is 23.0 Å². The summed E-state index contributed by atoms with van der Waals surface area (Å²) in [7, 11) is 3.58. The molecule has 0 heterocycles. The van der Waals surface area contributed by atoms with Crippen LogP contribution in [0.4, 0.5) is 0 Å². The highest BCUT2D eigenvalue weighted by Gasteiger charge is 2.00. The topological polar surface area (TPSA) is 45.7 Å². The molecule has 0 aromatic heterocycles. The molecule has 2 aromatic carbocycles. The Morgan fingerprint density at radius 1 is 1.05 bits per heavy atom. The zero-order chi connectivity index (χ0) is 14.2. The van der Waals surface area contributed by atoms with E-state index in [1.165, 1.54) is 0 Å². The van der Waals surface area contributed by atoms with Crippen LogP contribution in [0.2, 0.25) is 0 Å². The van der Waals surface area contributed by atoms with Crippen LogP contribution in [0.3, 0.4) is 0 Å². The molecule has 0 amide bonds. The molecular weight excluding hydrogens is 377 g/mol. The van der Waals surface area contributed by atoms with Gasteiger partial charge in [-0.05, 0) is 29.8 Å². The van der Waals surface area contributed by atoms with Gasteiger partial charge in [0.1, 0.15) is 11.5 Å². The number of para-hydroxylation sites is 1. The van der Waals surface area contributed by atoms with E-state index in [-0.39, 0.29) is 24.0 Å². The quantitative estimate of drug-likeness (QED) is 0.473. The molecule has 0 aliphatic rings. The molecule has 112 valence electrons. The van der Waals surface area contributed by atoms with Gasteiger partial charge in [-0.3, -0.25) is 4.99 Å². The fourth-order valence-electron chi connectivity index (χ4n) is 1.81. The van der Waals surface area contributed by atoms with Gasteiger partial charge in [0.2, 0.25) is 0 Å². The van der Waals surface area contributed by atoms with Crippen LogP contribution < -0.4 is 15.4 Å². The summed E-state index contributed by atoms with van der Waals surface area (Å²) >= 11 is 0. The Balaban J connectivity index is 0.00000220. The minimum atomic E-state index is 0. The second kappa shape index (κ2) is 9.23. The van der Waals surface area contributed by atoms with Crippen LogP contribution in [0, 0.1) is 0 Å². The summed E-state index contributed by atoms with van der Waals surface area (Å²) in [4.78, 5) is 4.07. The average molecular weight is 397 g/mol. The molecule has 0 unspecified atom stereocenters. The summed E-state index contributed by atoms with van der Waals surface area (Å²) in [6.45, 7) is 0.694. The Morgan fingerprint density at radius 2 is 1.76 bits per heavy atom. The van der Waals surface area contributed by atoms with Crippen LogP contribution in [-0.4, -0.2) is 20.1 Å². The van der Waals surface area contributed by atoms with Gasteiger partial charge in [0.15, 0.2) is 5.96 Å². The fourth-order valence-corrected chi connectivity index (χ4v) is 1.81. The van der Waals surface area contributed by atoms with Crippen molar-refractivity contribution in [3.63, 3.8) is 0 Å². The standard InChI is InChI=1S/C16H19N3O.HI/c1-17-16(18-2)19-12-13-7-6-10-15(11-13)20-14-8-4-3-5-9-14;/h3-11H,12H2,1-2H3,(H2,17,18,19);1H. The van der Waals surface area contributed by atoms with Gasteiger partial charge in [0, 0.05) is 20.6 Å². The number of benzene rings is 2. The molecule has 0 bridgehead atoms. The molecule has 4 nitrogen and oxygen atoms in total. The Kier molecular flexibility index (Phi) is 7.60. The van der Waals surface area contributed by atoms with Crippen LogP contribution in [0.15, 0.2) is 59.6 Å². The second-order valence-electron chi connectivity index (χ2n) is 4.24. The van der Waals surface area contributed by atoms with Crippen LogP contribution in [0.5, 0.6) is 11.5 Å². The van der Waals surface area contributed by atoms with Crippen molar-refractivity contribution in [2.75, 3.05) is 14.1 Å². The molecule has 0 aliphatic carbocycles. The second-order valence-corrected chi connectivity index (χ2v) is 4.24. The molecule has 0 fully saturated rings. The summed E-state index contributed by atoms with van der Waals surface area (Å²) in [5.74, 6) is 2.43. The van der Waals surface area contributed by atoms with Crippen LogP contribution >= 0.6 is 24.0 Å². The van der Waals surface area contributed by atoms with E-state index < -0.39 is 0 Å². The van der Waals surface area contributed by atoms with Crippen molar-refractivity contribution in [3.05, 3.63) is 60.2 Å². The van der Waals surface area contributed by atoms with E-state index >= 15 is 0 Å². The van der Waals surface area contributed by atoms with Gasteiger partial charge in [-0.2, -0.15) is 0 Å². The third kappa shape index (κ3) is 5.63. The lowest BCUT2D eigenvalue weighted by atomic mass is 10.2. The molecule has 2 aromatic rings. The van der Waals surface area contributed by atoms with E-state index in [9.17, 15) is 0 Å². The lowest BCUT2D eigenvalue weighted by Crippen LogP contribution is -2.34. The first-order valence-electron chi connectivity index (χ1n) is 6.52. The van der Waals surface area contributed by atoms with Crippen molar-refractivity contribution >= 4 is 29.9 Å². The number of guanidine groups is 1. The zero-order valence-corrected chi connectivity index (χ0v) is 14.5. The smallest absolute Gasteiger partial charge is 0.190 e. The monoisotopic (exact) mass is 397 g/mol. The Labute approximate surface area is 142 Å². The predicted octanol–water partition coefficient (Wildman–Crippen LogP) is 3.39. The minimum Gasteiger partial charge on any atom is -0.457 e. The number of rotatable bonds is 4. The summed E-state index contributed by atoms with van der Waals surface area (Å²) in [6, 6.07) is 17.8. The Morgan fingerprint density at radius 3 is 2.43 bits per heavy atom. The SMILES string of the molecule is CN=C(NC)NCc1cccc(Oc2ccccc2)c1.I. The van der Waals surface area contributed by atoms with E-state index in [4.69, 9.17) is 4.74 Å². The summed E-state index contributed by atoms with van der Waals surface area (Å²) < 4.78 is 5.80. The van der Waals surface area contributed by atoms with Crippen molar-refractivity contribution in [2.45, 2.75) is 6.54 Å². The molecule has 5 heteroatoms. The number of hydrogen-bond donors (Lipinski definition) is 2. The number of halogens is 1. The summed E-state index contributed by atoms with van der Waals surface area (Å²) in [6.07, 6.45) is 0. The van der Waals surface area contributed by atoms with Crippen LogP contribution in [-0.2, 0) is 6.54 Å². The molecular formula is C16H20IN3O. The normalized spacial score (nSPS) is 10.5. The first kappa shape index (κ1) is 17.3. The van der Waals surface area contributed by atoms with E-state index in [1.54, 1.807) is 7.05 Å². The molecule has 0 spiro atoms. The van der Waals surface area contributed by atoms with E-state index in [1.807, 2.05) is 61.6 Å². The van der Waals surface area contributed by atoms with Crippen molar-refractivity contribution in [1.82, 2.24) is 10.6 Å². The maximum absolute atomic E-state index is 5.80. The highest BCUT2D eigenvalue weighted by atomic mass is 127. The van der Waals surface area contributed by atoms with E-state index in [2.05, 4.69) is 15.6 Å². The molecule has 0 aliphatic heterocycles. The number of ether oxygens (including phenoxy) is 1. The maximum Gasteiger partial charge on any atom is 0.190 e. The largest absolute Gasteiger partial charge is 0.457 e. The van der Waals surface area contributed by atoms with Crippen LogP contribution in [0.1, 0.15) is 5.56 Å². The van der Waals surface area contributed by atoms with Gasteiger partial charge in [0.25, 0.3) is 0 Å². The third-order valence-electron chi connectivity index (χ3n) is 2.80. The third-order valence-corrected chi connectivity index (χ3v) is 2.80. The van der Waals surface area contributed by atoms with Gasteiger partial charge < -0.3 is 15.4 Å². The highest BCUT2D eigenvalue weighted by molar-refractivity contribution is 14.0. The molecule has 21 heavy (non-hydrogen) atoms.